The van der Waals surface area contributed by atoms with Gasteiger partial charge in [-0.25, -0.2) is 9.59 Å². The third-order valence-corrected chi connectivity index (χ3v) is 3.97. The third kappa shape index (κ3) is 5.82. The second-order valence-corrected chi connectivity index (χ2v) is 5.72. The number of amides is 1. The monoisotopic (exact) mass is 336 g/mol. The summed E-state index contributed by atoms with van der Waals surface area (Å²) in [6.45, 7) is 5.13. The van der Waals surface area contributed by atoms with E-state index >= 15 is 0 Å². The number of carbonyl (C=O) groups excluding carboxylic acids is 1. The first-order chi connectivity index (χ1) is 11.6. The second kappa shape index (κ2) is 9.24. The van der Waals surface area contributed by atoms with Crippen LogP contribution in [0.4, 0.5) is 4.79 Å². The number of ether oxygens (including phenoxy) is 2. The van der Waals surface area contributed by atoms with Gasteiger partial charge in [-0.15, -0.1) is 0 Å². The van der Waals surface area contributed by atoms with Gasteiger partial charge in [-0.05, 0) is 12.1 Å². The summed E-state index contributed by atoms with van der Waals surface area (Å²) in [5, 5.41) is 11.7. The number of carboxylic acids is 1. The number of likely N-dealkylation sites (N-methyl/N-ethyl adjacent to an activating group) is 1. The molecular weight excluding hydrogens is 312 g/mol. The smallest absolute Gasteiger partial charge is 0.408 e. The van der Waals surface area contributed by atoms with Crippen LogP contribution in [0.3, 0.4) is 0 Å². The molecule has 0 spiro atoms. The van der Waals surface area contributed by atoms with E-state index in [9.17, 15) is 14.7 Å². The average molecular weight is 336 g/mol. The van der Waals surface area contributed by atoms with E-state index < -0.39 is 18.1 Å². The topological polar surface area (TPSA) is 88.1 Å². The number of hydrogen-bond acceptors (Lipinski definition) is 5. The van der Waals surface area contributed by atoms with Gasteiger partial charge in [0.15, 0.2) is 0 Å². The highest BCUT2D eigenvalue weighted by atomic mass is 16.5. The first-order valence-corrected chi connectivity index (χ1v) is 8.12. The lowest BCUT2D eigenvalue weighted by Gasteiger charge is -2.33. The predicted octanol–water partition coefficient (Wildman–Crippen LogP) is 1.48. The van der Waals surface area contributed by atoms with E-state index in [4.69, 9.17) is 9.47 Å². The Hall–Kier alpha value is -2.12. The molecule has 1 aliphatic heterocycles. The SMILES string of the molecule is CCN1CCOC(CC(NC(=O)OCc2ccccc2)C(=O)O)C1. The zero-order valence-corrected chi connectivity index (χ0v) is 13.8. The van der Waals surface area contributed by atoms with Crippen LogP contribution in [-0.2, 0) is 20.9 Å². The normalized spacial score (nSPS) is 19.5. The summed E-state index contributed by atoms with van der Waals surface area (Å²) in [5.41, 5.74) is 0.841. The van der Waals surface area contributed by atoms with Gasteiger partial charge in [0.25, 0.3) is 0 Å². The van der Waals surface area contributed by atoms with Gasteiger partial charge in [0, 0.05) is 19.5 Å². The second-order valence-electron chi connectivity index (χ2n) is 5.72. The molecule has 2 rings (SSSR count). The van der Waals surface area contributed by atoms with Gasteiger partial charge in [-0.1, -0.05) is 37.3 Å². The summed E-state index contributed by atoms with van der Waals surface area (Å²) in [6, 6.07) is 8.19. The summed E-state index contributed by atoms with van der Waals surface area (Å²) < 4.78 is 10.7. The van der Waals surface area contributed by atoms with Crippen molar-refractivity contribution in [2.75, 3.05) is 26.2 Å². The van der Waals surface area contributed by atoms with Gasteiger partial charge in [-0.3, -0.25) is 4.90 Å². The van der Waals surface area contributed by atoms with Crippen LogP contribution in [0.2, 0.25) is 0 Å². The molecule has 0 radical (unpaired) electrons. The number of nitrogens with zero attached hydrogens (tertiary/aromatic N) is 1. The van der Waals surface area contributed by atoms with Crippen LogP contribution in [0, 0.1) is 0 Å². The van der Waals surface area contributed by atoms with E-state index in [1.165, 1.54) is 0 Å². The lowest BCUT2D eigenvalue weighted by atomic mass is 10.1. The highest BCUT2D eigenvalue weighted by Crippen LogP contribution is 2.11. The summed E-state index contributed by atoms with van der Waals surface area (Å²) in [7, 11) is 0. The molecule has 132 valence electrons. The Bertz CT molecular complexity index is 537. The Balaban J connectivity index is 1.81. The maximum absolute atomic E-state index is 11.8. The van der Waals surface area contributed by atoms with Crippen LogP contribution in [-0.4, -0.2) is 60.5 Å². The molecule has 2 N–H and O–H groups in total. The number of alkyl carbamates (subject to hydrolysis) is 1. The molecule has 1 aliphatic rings. The number of carbonyl (C=O) groups is 2. The number of aliphatic carboxylic acids is 1. The summed E-state index contributed by atoms with van der Waals surface area (Å²) in [5.74, 6) is -1.09. The van der Waals surface area contributed by atoms with Crippen LogP contribution in [0.15, 0.2) is 30.3 Å². The van der Waals surface area contributed by atoms with Crippen molar-refractivity contribution in [1.82, 2.24) is 10.2 Å². The van der Waals surface area contributed by atoms with Crippen molar-refractivity contribution in [3.63, 3.8) is 0 Å². The summed E-state index contributed by atoms with van der Waals surface area (Å²) in [4.78, 5) is 25.4. The average Bonchev–Trinajstić information content (AvgIpc) is 2.60. The van der Waals surface area contributed by atoms with Crippen molar-refractivity contribution in [3.05, 3.63) is 35.9 Å². The van der Waals surface area contributed by atoms with E-state index in [0.29, 0.717) is 13.2 Å². The Morgan fingerprint density at radius 2 is 2.17 bits per heavy atom. The Kier molecular flexibility index (Phi) is 7.02. The van der Waals surface area contributed by atoms with Gasteiger partial charge in [0.1, 0.15) is 12.6 Å². The Labute approximate surface area is 141 Å². The van der Waals surface area contributed by atoms with E-state index in [1.807, 2.05) is 30.3 Å². The third-order valence-electron chi connectivity index (χ3n) is 3.97. The van der Waals surface area contributed by atoms with Crippen molar-refractivity contribution in [2.45, 2.75) is 32.1 Å². The Morgan fingerprint density at radius 1 is 1.42 bits per heavy atom. The van der Waals surface area contributed by atoms with Crippen molar-refractivity contribution < 1.29 is 24.2 Å². The van der Waals surface area contributed by atoms with Crippen molar-refractivity contribution in [2.24, 2.45) is 0 Å². The van der Waals surface area contributed by atoms with E-state index in [-0.39, 0.29) is 19.1 Å². The minimum Gasteiger partial charge on any atom is -0.480 e. The van der Waals surface area contributed by atoms with Crippen molar-refractivity contribution in [3.8, 4) is 0 Å². The van der Waals surface area contributed by atoms with E-state index in [0.717, 1.165) is 18.7 Å². The standard InChI is InChI=1S/C17H24N2O5/c1-2-19-8-9-23-14(11-19)10-15(16(20)21)18-17(22)24-12-13-6-4-3-5-7-13/h3-7,14-15H,2,8-12H2,1H3,(H,18,22)(H,20,21). The fourth-order valence-electron chi connectivity index (χ4n) is 2.60. The molecule has 7 heteroatoms. The molecule has 0 saturated carbocycles. The molecule has 0 aliphatic carbocycles. The van der Waals surface area contributed by atoms with Gasteiger partial charge in [0.05, 0.1) is 12.7 Å². The van der Waals surface area contributed by atoms with Crippen molar-refractivity contribution in [1.29, 1.82) is 0 Å². The summed E-state index contributed by atoms with van der Waals surface area (Å²) in [6.07, 6.45) is -0.740. The number of nitrogens with one attached hydrogen (secondary N) is 1. The molecule has 1 heterocycles. The molecular formula is C17H24N2O5. The molecule has 1 fully saturated rings. The molecule has 1 aromatic rings. The quantitative estimate of drug-likeness (QED) is 0.784. The molecule has 0 bridgehead atoms. The molecule has 24 heavy (non-hydrogen) atoms. The van der Waals surface area contributed by atoms with E-state index in [1.54, 1.807) is 0 Å². The molecule has 1 aromatic carbocycles. The number of morpholine rings is 1. The zero-order valence-electron chi connectivity index (χ0n) is 13.8. The number of rotatable bonds is 7. The molecule has 0 aromatic heterocycles. The Morgan fingerprint density at radius 3 is 2.83 bits per heavy atom. The van der Waals surface area contributed by atoms with Gasteiger partial charge >= 0.3 is 12.1 Å². The predicted molar refractivity (Wildman–Crippen MR) is 87.7 cm³/mol. The molecule has 1 saturated heterocycles. The first-order valence-electron chi connectivity index (χ1n) is 8.12. The molecule has 7 nitrogen and oxygen atoms in total. The number of carboxylic acid groups (broad SMARTS) is 1. The zero-order chi connectivity index (χ0) is 17.4. The van der Waals surface area contributed by atoms with Crippen LogP contribution in [0.1, 0.15) is 18.9 Å². The van der Waals surface area contributed by atoms with E-state index in [2.05, 4.69) is 17.1 Å². The molecule has 2 atom stereocenters. The fraction of sp³-hybridized carbons (Fsp3) is 0.529. The van der Waals surface area contributed by atoms with Crippen LogP contribution < -0.4 is 5.32 Å². The highest BCUT2D eigenvalue weighted by molar-refractivity contribution is 5.79. The lowest BCUT2D eigenvalue weighted by molar-refractivity contribution is -0.141. The maximum atomic E-state index is 11.8. The molecule has 1 amide bonds. The molecule has 2 unspecified atom stereocenters. The largest absolute Gasteiger partial charge is 0.480 e. The summed E-state index contributed by atoms with van der Waals surface area (Å²) >= 11 is 0. The number of benzene rings is 1. The van der Waals surface area contributed by atoms with Crippen molar-refractivity contribution >= 4 is 12.1 Å². The first kappa shape index (κ1) is 18.2. The highest BCUT2D eigenvalue weighted by Gasteiger charge is 2.28. The van der Waals surface area contributed by atoms with Crippen LogP contribution in [0.25, 0.3) is 0 Å². The van der Waals surface area contributed by atoms with Crippen LogP contribution in [0.5, 0.6) is 0 Å². The minimum atomic E-state index is -1.09. The van der Waals surface area contributed by atoms with Gasteiger partial charge in [0.2, 0.25) is 0 Å². The van der Waals surface area contributed by atoms with Crippen LogP contribution >= 0.6 is 0 Å². The minimum absolute atomic E-state index is 0.0998. The van der Waals surface area contributed by atoms with Gasteiger partial charge < -0.3 is 19.9 Å². The maximum Gasteiger partial charge on any atom is 0.408 e. The van der Waals surface area contributed by atoms with Gasteiger partial charge in [-0.2, -0.15) is 0 Å². The number of hydrogen-bond donors (Lipinski definition) is 2. The fourth-order valence-corrected chi connectivity index (χ4v) is 2.60. The lowest BCUT2D eigenvalue weighted by Crippen LogP contribution is -2.48.